The van der Waals surface area contributed by atoms with E-state index in [0.717, 1.165) is 6.42 Å². The van der Waals surface area contributed by atoms with Crippen molar-refractivity contribution in [3.05, 3.63) is 41.3 Å². The molecule has 20 heavy (non-hydrogen) atoms. The van der Waals surface area contributed by atoms with E-state index >= 15 is 0 Å². The summed E-state index contributed by atoms with van der Waals surface area (Å²) < 4.78 is 1.37. The number of nitrogens with zero attached hydrogens (tertiary/aromatic N) is 2. The van der Waals surface area contributed by atoms with Gasteiger partial charge in [0.25, 0.3) is 0 Å². The summed E-state index contributed by atoms with van der Waals surface area (Å²) in [7, 11) is 0. The van der Waals surface area contributed by atoms with E-state index in [9.17, 15) is 0 Å². The van der Waals surface area contributed by atoms with Crippen LogP contribution in [0.1, 0.15) is 24.1 Å². The highest BCUT2D eigenvalue weighted by atomic mass is 32.1. The van der Waals surface area contributed by atoms with E-state index < -0.39 is 0 Å². The van der Waals surface area contributed by atoms with Gasteiger partial charge in [0.05, 0.1) is 12.6 Å². The van der Waals surface area contributed by atoms with Crippen LogP contribution in [-0.4, -0.2) is 23.5 Å². The van der Waals surface area contributed by atoms with Crippen molar-refractivity contribution in [2.45, 2.75) is 31.3 Å². The van der Waals surface area contributed by atoms with E-state index in [0.29, 0.717) is 18.6 Å². The lowest BCUT2D eigenvalue weighted by Crippen LogP contribution is -2.38. The molecule has 0 spiro atoms. The van der Waals surface area contributed by atoms with Crippen molar-refractivity contribution >= 4 is 27.0 Å². The van der Waals surface area contributed by atoms with Crippen molar-refractivity contribution in [3.63, 3.8) is 0 Å². The lowest BCUT2D eigenvalue weighted by Gasteiger charge is -2.31. The highest BCUT2D eigenvalue weighted by molar-refractivity contribution is 7.20. The third-order valence-corrected chi connectivity index (χ3v) is 5.73. The van der Waals surface area contributed by atoms with Gasteiger partial charge in [0.1, 0.15) is 0 Å². The highest BCUT2D eigenvalue weighted by Crippen LogP contribution is 2.41. The van der Waals surface area contributed by atoms with Gasteiger partial charge in [-0.05, 0) is 42.4 Å². The molecule has 2 atom stereocenters. The van der Waals surface area contributed by atoms with Crippen LogP contribution < -0.4 is 0 Å². The average molecular weight is 280 g/mol. The average Bonchev–Trinajstić information content (AvgIpc) is 2.98. The molecule has 4 rings (SSSR count). The zero-order chi connectivity index (χ0) is 13.5. The van der Waals surface area contributed by atoms with Crippen LogP contribution in [0.4, 0.5) is 0 Å². The van der Waals surface area contributed by atoms with E-state index in [2.05, 4.69) is 47.4 Å². The number of benzene rings is 1. The zero-order valence-electron chi connectivity index (χ0n) is 11.2. The molecular weight excluding hydrogens is 264 g/mol. The van der Waals surface area contributed by atoms with E-state index in [4.69, 9.17) is 5.26 Å². The van der Waals surface area contributed by atoms with Crippen molar-refractivity contribution in [1.82, 2.24) is 4.90 Å². The Morgan fingerprint density at radius 1 is 1.30 bits per heavy atom. The summed E-state index contributed by atoms with van der Waals surface area (Å²) in [6.45, 7) is 0.575. The van der Waals surface area contributed by atoms with Gasteiger partial charge in [0.15, 0.2) is 0 Å². The molecule has 3 heteroatoms. The summed E-state index contributed by atoms with van der Waals surface area (Å²) in [6.07, 6.45) is 5.95. The predicted octanol–water partition coefficient (Wildman–Crippen LogP) is 4.04. The van der Waals surface area contributed by atoms with E-state index in [1.54, 1.807) is 0 Å². The molecule has 100 valence electrons. The quantitative estimate of drug-likeness (QED) is 0.776. The largest absolute Gasteiger partial charge is 0.281 e. The van der Waals surface area contributed by atoms with Crippen molar-refractivity contribution in [3.8, 4) is 6.07 Å². The predicted molar refractivity (Wildman–Crippen MR) is 83.5 cm³/mol. The van der Waals surface area contributed by atoms with Crippen LogP contribution in [-0.2, 0) is 0 Å². The summed E-state index contributed by atoms with van der Waals surface area (Å²) in [5.74, 6) is 0. The van der Waals surface area contributed by atoms with Gasteiger partial charge in [-0.25, -0.2) is 0 Å². The summed E-state index contributed by atoms with van der Waals surface area (Å²) >= 11 is 1.90. The Bertz CT molecular complexity index is 689. The van der Waals surface area contributed by atoms with Crippen LogP contribution in [0.2, 0.25) is 0 Å². The fraction of sp³-hybridized carbons (Fsp3) is 0.353. The van der Waals surface area contributed by atoms with Crippen molar-refractivity contribution < 1.29 is 0 Å². The first-order valence-electron chi connectivity index (χ1n) is 7.17. The highest BCUT2D eigenvalue weighted by Gasteiger charge is 2.36. The number of fused-ring (bicyclic) bond motifs is 3. The summed E-state index contributed by atoms with van der Waals surface area (Å²) in [5.41, 5.74) is 1.49. The SMILES string of the molecule is N#CCN1C2C=C(c3cc4ccccc4s3)CC1CC2. The number of rotatable bonds is 2. The maximum Gasteiger partial charge on any atom is 0.0873 e. The first-order chi connectivity index (χ1) is 9.85. The van der Waals surface area contributed by atoms with Crippen molar-refractivity contribution in [2.75, 3.05) is 6.54 Å². The summed E-state index contributed by atoms with van der Waals surface area (Å²) in [4.78, 5) is 3.79. The molecule has 1 saturated heterocycles. The zero-order valence-corrected chi connectivity index (χ0v) is 12.1. The molecule has 1 fully saturated rings. The van der Waals surface area contributed by atoms with Gasteiger partial charge in [-0.2, -0.15) is 5.26 Å². The molecule has 0 radical (unpaired) electrons. The molecule has 2 unspecified atom stereocenters. The van der Waals surface area contributed by atoms with Gasteiger partial charge < -0.3 is 0 Å². The Balaban J connectivity index is 1.70. The van der Waals surface area contributed by atoms with Gasteiger partial charge in [0.2, 0.25) is 0 Å². The standard InChI is InChI=1S/C17H16N2S/c18-7-8-19-14-5-6-15(19)10-13(9-14)17-11-12-3-1-2-4-16(12)20-17/h1-4,9,11,14-15H,5-6,8,10H2. The number of hydrogen-bond acceptors (Lipinski definition) is 3. The maximum absolute atomic E-state index is 8.95. The Kier molecular flexibility index (Phi) is 2.87. The molecule has 0 N–H and O–H groups in total. The number of thiophene rings is 1. The molecule has 0 aliphatic carbocycles. The Hall–Kier alpha value is -1.63. The minimum absolute atomic E-state index is 0.480. The number of nitriles is 1. The molecule has 2 bridgehead atoms. The Morgan fingerprint density at radius 2 is 2.20 bits per heavy atom. The van der Waals surface area contributed by atoms with Gasteiger partial charge in [-0.15, -0.1) is 11.3 Å². The van der Waals surface area contributed by atoms with Crippen molar-refractivity contribution in [1.29, 1.82) is 5.26 Å². The van der Waals surface area contributed by atoms with Crippen LogP contribution in [0.15, 0.2) is 36.4 Å². The monoisotopic (exact) mass is 280 g/mol. The smallest absolute Gasteiger partial charge is 0.0873 e. The van der Waals surface area contributed by atoms with E-state index in [-0.39, 0.29) is 0 Å². The lowest BCUT2D eigenvalue weighted by molar-refractivity contribution is 0.239. The van der Waals surface area contributed by atoms with Crippen LogP contribution >= 0.6 is 11.3 Å². The Labute approximate surface area is 122 Å². The van der Waals surface area contributed by atoms with Gasteiger partial charge in [0, 0.05) is 21.7 Å². The fourth-order valence-corrected chi connectivity index (χ4v) is 4.67. The number of hydrogen-bond donors (Lipinski definition) is 0. The van der Waals surface area contributed by atoms with Crippen LogP contribution in [0, 0.1) is 11.3 Å². The molecule has 2 aliphatic rings. The van der Waals surface area contributed by atoms with Crippen LogP contribution in [0.3, 0.4) is 0 Å². The van der Waals surface area contributed by atoms with Crippen molar-refractivity contribution in [2.24, 2.45) is 0 Å². The first kappa shape index (κ1) is 12.1. The van der Waals surface area contributed by atoms with Gasteiger partial charge in [-0.1, -0.05) is 24.3 Å². The Morgan fingerprint density at radius 3 is 3.00 bits per heavy atom. The first-order valence-corrected chi connectivity index (χ1v) is 7.99. The summed E-state index contributed by atoms with van der Waals surface area (Å²) in [6, 6.07) is 14.3. The fourth-order valence-electron chi connectivity index (χ4n) is 3.57. The van der Waals surface area contributed by atoms with E-state index in [1.807, 2.05) is 11.3 Å². The summed E-state index contributed by atoms with van der Waals surface area (Å²) in [5, 5.41) is 10.3. The van der Waals surface area contributed by atoms with Crippen LogP contribution in [0.25, 0.3) is 15.7 Å². The molecule has 1 aromatic carbocycles. The molecule has 1 aromatic heterocycles. The normalized spacial score (nSPS) is 25.6. The third-order valence-electron chi connectivity index (χ3n) is 4.54. The van der Waals surface area contributed by atoms with Gasteiger partial charge in [-0.3, -0.25) is 4.90 Å². The molecule has 2 aromatic rings. The topological polar surface area (TPSA) is 27.0 Å². The maximum atomic E-state index is 8.95. The van der Waals surface area contributed by atoms with Gasteiger partial charge >= 0.3 is 0 Å². The molecule has 2 nitrogen and oxygen atoms in total. The second kappa shape index (κ2) is 4.73. The minimum Gasteiger partial charge on any atom is -0.281 e. The second-order valence-electron chi connectivity index (χ2n) is 5.67. The minimum atomic E-state index is 0.480. The second-order valence-corrected chi connectivity index (χ2v) is 6.76. The van der Waals surface area contributed by atoms with E-state index in [1.165, 1.54) is 33.4 Å². The van der Waals surface area contributed by atoms with Crippen LogP contribution in [0.5, 0.6) is 0 Å². The lowest BCUT2D eigenvalue weighted by atomic mass is 9.99. The molecule has 3 heterocycles. The molecule has 0 saturated carbocycles. The molecule has 0 amide bonds. The molecule has 2 aliphatic heterocycles. The third kappa shape index (κ3) is 1.88. The molecular formula is C17H16N2S.